The molecule has 1 saturated heterocycles. The first-order chi connectivity index (χ1) is 9.35. The summed E-state index contributed by atoms with van der Waals surface area (Å²) in [5.74, 6) is 0.829. The van der Waals surface area contributed by atoms with E-state index in [4.69, 9.17) is 4.74 Å². The van der Waals surface area contributed by atoms with Crippen molar-refractivity contribution in [1.29, 1.82) is 0 Å². The molecule has 0 bridgehead atoms. The first-order valence-electron chi connectivity index (χ1n) is 6.58. The number of aliphatic imine (C=N–C) groups is 1. The molecule has 0 radical (unpaired) electrons. The topological polar surface area (TPSA) is 48.9 Å². The van der Waals surface area contributed by atoms with Crippen LogP contribution in [0.15, 0.2) is 22.5 Å². The van der Waals surface area contributed by atoms with Gasteiger partial charge in [0.2, 0.25) is 0 Å². The van der Waals surface area contributed by atoms with Gasteiger partial charge in [0.25, 0.3) is 0 Å². The molecule has 0 saturated carbocycles. The Morgan fingerprint density at radius 3 is 2.80 bits per heavy atom. The summed E-state index contributed by atoms with van der Waals surface area (Å²) >= 11 is 1.81. The highest BCUT2D eigenvalue weighted by Gasteiger charge is 2.23. The van der Waals surface area contributed by atoms with Crippen LogP contribution in [0.5, 0.6) is 0 Å². The zero-order valence-electron chi connectivity index (χ0n) is 12.0. The van der Waals surface area contributed by atoms with Crippen LogP contribution in [0.2, 0.25) is 0 Å². The van der Waals surface area contributed by atoms with Crippen molar-refractivity contribution in [2.24, 2.45) is 4.99 Å². The minimum atomic E-state index is 0. The quantitative estimate of drug-likeness (QED) is 0.449. The van der Waals surface area contributed by atoms with Gasteiger partial charge in [0.1, 0.15) is 0 Å². The largest absolute Gasteiger partial charge is 0.379 e. The first-order valence-corrected chi connectivity index (χ1v) is 7.46. The Kier molecular flexibility index (Phi) is 8.43. The number of nitrogens with one attached hydrogen (secondary N) is 2. The molecule has 1 aromatic heterocycles. The standard InChI is InChI=1S/C13H22N4OS.HI/c1-14-13(15-2)16-10-11(12-4-3-9-19-12)17-5-7-18-8-6-17;/h3-4,9,11H,5-8,10H2,1-2H3,(H2,14,15,16);1H. The summed E-state index contributed by atoms with van der Waals surface area (Å²) in [6.45, 7) is 4.48. The normalized spacial score (nSPS) is 18.2. The predicted octanol–water partition coefficient (Wildman–Crippen LogP) is 1.53. The third kappa shape index (κ3) is 4.87. The summed E-state index contributed by atoms with van der Waals surface area (Å²) in [6, 6.07) is 4.70. The van der Waals surface area contributed by atoms with Crippen molar-refractivity contribution in [2.45, 2.75) is 6.04 Å². The highest BCUT2D eigenvalue weighted by Crippen LogP contribution is 2.25. The lowest BCUT2D eigenvalue weighted by Crippen LogP contribution is -2.45. The van der Waals surface area contributed by atoms with Gasteiger partial charge in [-0.1, -0.05) is 6.07 Å². The summed E-state index contributed by atoms with van der Waals surface area (Å²) in [5, 5.41) is 8.56. The van der Waals surface area contributed by atoms with Gasteiger partial charge in [0, 0.05) is 38.6 Å². The fraction of sp³-hybridized carbons (Fsp3) is 0.615. The third-order valence-corrected chi connectivity index (χ3v) is 4.25. The fourth-order valence-electron chi connectivity index (χ4n) is 2.25. The number of thiophene rings is 1. The molecule has 1 aliphatic rings. The van der Waals surface area contributed by atoms with E-state index in [-0.39, 0.29) is 24.0 Å². The van der Waals surface area contributed by atoms with Crippen LogP contribution in [0.3, 0.4) is 0 Å². The number of hydrogen-bond acceptors (Lipinski definition) is 4. The number of halogens is 1. The minimum absolute atomic E-state index is 0. The van der Waals surface area contributed by atoms with Crippen molar-refractivity contribution in [1.82, 2.24) is 15.5 Å². The lowest BCUT2D eigenvalue weighted by Gasteiger charge is -2.34. The van der Waals surface area contributed by atoms with E-state index in [0.29, 0.717) is 6.04 Å². The van der Waals surface area contributed by atoms with Crippen LogP contribution in [0.25, 0.3) is 0 Å². The number of rotatable bonds is 4. The molecule has 2 heterocycles. The van der Waals surface area contributed by atoms with Gasteiger partial charge in [0.05, 0.1) is 19.3 Å². The molecular weight excluding hydrogens is 387 g/mol. The lowest BCUT2D eigenvalue weighted by molar-refractivity contribution is 0.0177. The molecule has 114 valence electrons. The van der Waals surface area contributed by atoms with Crippen LogP contribution in [-0.4, -0.2) is 57.8 Å². The molecule has 0 amide bonds. The number of ether oxygens (including phenoxy) is 1. The van der Waals surface area contributed by atoms with Crippen LogP contribution >= 0.6 is 35.3 Å². The second-order valence-corrected chi connectivity index (χ2v) is 5.36. The Hall–Kier alpha value is -0.380. The Bertz CT molecular complexity index is 393. The van der Waals surface area contributed by atoms with Crippen molar-refractivity contribution in [3.63, 3.8) is 0 Å². The van der Waals surface area contributed by atoms with E-state index >= 15 is 0 Å². The Morgan fingerprint density at radius 2 is 2.25 bits per heavy atom. The monoisotopic (exact) mass is 410 g/mol. The molecule has 2 rings (SSSR count). The molecule has 1 fully saturated rings. The smallest absolute Gasteiger partial charge is 0.190 e. The Morgan fingerprint density at radius 1 is 1.50 bits per heavy atom. The SMILES string of the molecule is CN=C(NC)NCC(c1cccs1)N1CCOCC1.I. The van der Waals surface area contributed by atoms with Crippen molar-refractivity contribution in [3.05, 3.63) is 22.4 Å². The van der Waals surface area contributed by atoms with Crippen molar-refractivity contribution >= 4 is 41.3 Å². The maximum atomic E-state index is 5.44. The van der Waals surface area contributed by atoms with Crippen LogP contribution < -0.4 is 10.6 Å². The van der Waals surface area contributed by atoms with Gasteiger partial charge in [-0.25, -0.2) is 0 Å². The lowest BCUT2D eigenvalue weighted by atomic mass is 10.2. The Balaban J connectivity index is 0.00000200. The van der Waals surface area contributed by atoms with Crippen LogP contribution in [0, 0.1) is 0 Å². The molecule has 7 heteroatoms. The average Bonchev–Trinajstić information content (AvgIpc) is 2.99. The Labute approximate surface area is 141 Å². The summed E-state index contributed by atoms with van der Waals surface area (Å²) in [6.07, 6.45) is 0. The van der Waals surface area contributed by atoms with Gasteiger partial charge >= 0.3 is 0 Å². The molecule has 0 spiro atoms. The molecule has 0 aromatic carbocycles. The number of hydrogen-bond donors (Lipinski definition) is 2. The molecular formula is C13H23IN4OS. The summed E-state index contributed by atoms with van der Waals surface area (Å²) in [5.41, 5.74) is 0. The van der Waals surface area contributed by atoms with E-state index in [1.165, 1.54) is 4.88 Å². The van der Waals surface area contributed by atoms with Gasteiger partial charge < -0.3 is 15.4 Å². The van der Waals surface area contributed by atoms with E-state index in [0.717, 1.165) is 38.8 Å². The maximum Gasteiger partial charge on any atom is 0.190 e. The van der Waals surface area contributed by atoms with Gasteiger partial charge in [0.15, 0.2) is 5.96 Å². The van der Waals surface area contributed by atoms with E-state index < -0.39 is 0 Å². The van der Waals surface area contributed by atoms with Crippen LogP contribution in [0.4, 0.5) is 0 Å². The first kappa shape index (κ1) is 17.7. The van der Waals surface area contributed by atoms with Crippen molar-refractivity contribution in [3.8, 4) is 0 Å². The zero-order chi connectivity index (χ0) is 13.5. The highest BCUT2D eigenvalue weighted by molar-refractivity contribution is 14.0. The third-order valence-electron chi connectivity index (χ3n) is 3.28. The van der Waals surface area contributed by atoms with E-state index in [1.807, 2.05) is 18.4 Å². The summed E-state index contributed by atoms with van der Waals surface area (Å²) in [4.78, 5) is 8.03. The van der Waals surface area contributed by atoms with E-state index in [9.17, 15) is 0 Å². The molecule has 1 unspecified atom stereocenters. The van der Waals surface area contributed by atoms with Gasteiger partial charge in [-0.3, -0.25) is 9.89 Å². The highest BCUT2D eigenvalue weighted by atomic mass is 127. The molecule has 5 nitrogen and oxygen atoms in total. The molecule has 1 atom stereocenters. The molecule has 20 heavy (non-hydrogen) atoms. The van der Waals surface area contributed by atoms with Crippen molar-refractivity contribution < 1.29 is 4.74 Å². The minimum Gasteiger partial charge on any atom is -0.379 e. The number of morpholine rings is 1. The maximum absolute atomic E-state index is 5.44. The fourth-order valence-corrected chi connectivity index (χ4v) is 3.11. The zero-order valence-corrected chi connectivity index (χ0v) is 15.1. The van der Waals surface area contributed by atoms with Gasteiger partial charge in [-0.2, -0.15) is 0 Å². The molecule has 1 aliphatic heterocycles. The second kappa shape index (κ2) is 9.54. The molecule has 2 N–H and O–H groups in total. The average molecular weight is 410 g/mol. The van der Waals surface area contributed by atoms with Crippen LogP contribution in [-0.2, 0) is 4.74 Å². The number of guanidine groups is 1. The van der Waals surface area contributed by atoms with E-state index in [2.05, 4.69) is 38.0 Å². The second-order valence-electron chi connectivity index (χ2n) is 4.38. The molecule has 0 aliphatic carbocycles. The van der Waals surface area contributed by atoms with Gasteiger partial charge in [-0.05, 0) is 11.4 Å². The summed E-state index contributed by atoms with van der Waals surface area (Å²) < 4.78 is 5.44. The van der Waals surface area contributed by atoms with Crippen molar-refractivity contribution in [2.75, 3.05) is 46.9 Å². The summed E-state index contributed by atoms with van der Waals surface area (Å²) in [7, 11) is 3.66. The number of nitrogens with zero attached hydrogens (tertiary/aromatic N) is 2. The van der Waals surface area contributed by atoms with E-state index in [1.54, 1.807) is 7.05 Å². The predicted molar refractivity (Wildman–Crippen MR) is 95.3 cm³/mol. The van der Waals surface area contributed by atoms with Gasteiger partial charge in [-0.15, -0.1) is 35.3 Å². The van der Waals surface area contributed by atoms with Crippen LogP contribution in [0.1, 0.15) is 10.9 Å². The molecule has 1 aromatic rings.